The molecule has 0 aromatic carbocycles. The van der Waals surface area contributed by atoms with E-state index in [9.17, 15) is 27.6 Å². The maximum absolute atomic E-state index is 12.8. The maximum Gasteiger partial charge on any atom is 0.393 e. The quantitative estimate of drug-likeness (QED) is 0.788. The summed E-state index contributed by atoms with van der Waals surface area (Å²) < 4.78 is 38.3. The molecular weight excluding hydrogens is 327 g/mol. The lowest BCUT2D eigenvalue weighted by atomic mass is 9.97. The molecule has 1 N–H and O–H groups in total. The summed E-state index contributed by atoms with van der Waals surface area (Å²) in [5.74, 6) is -2.20. The summed E-state index contributed by atoms with van der Waals surface area (Å²) in [7, 11) is 0. The zero-order valence-electron chi connectivity index (χ0n) is 13.8. The molecule has 2 fully saturated rings. The highest BCUT2D eigenvalue weighted by Crippen LogP contribution is 2.33. The second-order valence-corrected chi connectivity index (χ2v) is 6.84. The third-order valence-electron chi connectivity index (χ3n) is 4.45. The monoisotopic (exact) mass is 349 g/mol. The number of halogens is 3. The van der Waals surface area contributed by atoms with Crippen molar-refractivity contribution in [1.82, 2.24) is 15.1 Å². The second kappa shape index (κ2) is 6.60. The lowest BCUT2D eigenvalue weighted by Crippen LogP contribution is -2.44. The summed E-state index contributed by atoms with van der Waals surface area (Å²) in [6.45, 7) is 3.27. The number of nitrogens with zero attached hydrogens (tertiary/aromatic N) is 2. The van der Waals surface area contributed by atoms with Crippen LogP contribution >= 0.6 is 0 Å². The predicted molar refractivity (Wildman–Crippen MR) is 78.9 cm³/mol. The summed E-state index contributed by atoms with van der Waals surface area (Å²) >= 11 is 0. The van der Waals surface area contributed by atoms with Gasteiger partial charge in [-0.3, -0.25) is 14.5 Å². The summed E-state index contributed by atoms with van der Waals surface area (Å²) in [6.07, 6.45) is -3.66. The van der Waals surface area contributed by atoms with Crippen LogP contribution in [0.5, 0.6) is 0 Å². The fourth-order valence-corrected chi connectivity index (χ4v) is 3.04. The lowest BCUT2D eigenvalue weighted by Gasteiger charge is -2.33. The van der Waals surface area contributed by atoms with Gasteiger partial charge >= 0.3 is 12.2 Å². The molecule has 0 bridgehead atoms. The van der Waals surface area contributed by atoms with Gasteiger partial charge in [0.05, 0.1) is 5.92 Å². The Hall–Kier alpha value is -1.80. The molecule has 136 valence electrons. The highest BCUT2D eigenvalue weighted by molar-refractivity contribution is 6.06. The van der Waals surface area contributed by atoms with E-state index in [2.05, 4.69) is 5.32 Å². The number of amides is 4. The summed E-state index contributed by atoms with van der Waals surface area (Å²) in [5, 5.41) is 2.53. The first kappa shape index (κ1) is 18.5. The maximum atomic E-state index is 12.8. The fourth-order valence-electron chi connectivity index (χ4n) is 3.04. The van der Waals surface area contributed by atoms with E-state index in [4.69, 9.17) is 0 Å². The van der Waals surface area contributed by atoms with E-state index >= 15 is 0 Å². The minimum absolute atomic E-state index is 0.0159. The second-order valence-electron chi connectivity index (χ2n) is 6.84. The highest BCUT2D eigenvalue weighted by Gasteiger charge is 2.44. The molecule has 1 atom stereocenters. The zero-order chi connectivity index (χ0) is 18.1. The van der Waals surface area contributed by atoms with Crippen LogP contribution in [0.3, 0.4) is 0 Å². The number of alkyl halides is 3. The van der Waals surface area contributed by atoms with Gasteiger partial charge in [-0.1, -0.05) is 0 Å². The normalized spacial score (nSPS) is 24.3. The van der Waals surface area contributed by atoms with Gasteiger partial charge in [0.1, 0.15) is 5.54 Å². The van der Waals surface area contributed by atoms with Gasteiger partial charge in [-0.15, -0.1) is 0 Å². The number of urea groups is 1. The van der Waals surface area contributed by atoms with Crippen LogP contribution in [0.4, 0.5) is 18.0 Å². The van der Waals surface area contributed by atoms with E-state index in [1.54, 1.807) is 13.8 Å². The van der Waals surface area contributed by atoms with Crippen molar-refractivity contribution in [1.29, 1.82) is 0 Å². The topological polar surface area (TPSA) is 69.7 Å². The third kappa shape index (κ3) is 3.99. The van der Waals surface area contributed by atoms with E-state index < -0.39 is 23.7 Å². The Morgan fingerprint density at radius 2 is 2.00 bits per heavy atom. The van der Waals surface area contributed by atoms with Crippen molar-refractivity contribution >= 4 is 17.8 Å². The van der Waals surface area contributed by atoms with E-state index in [-0.39, 0.29) is 44.2 Å². The van der Waals surface area contributed by atoms with Crippen LogP contribution in [0, 0.1) is 5.92 Å². The van der Waals surface area contributed by atoms with Gasteiger partial charge in [0.15, 0.2) is 0 Å². The molecule has 2 saturated heterocycles. The average molecular weight is 349 g/mol. The van der Waals surface area contributed by atoms with Crippen molar-refractivity contribution in [2.24, 2.45) is 5.92 Å². The number of hydrogen-bond donors (Lipinski definition) is 1. The van der Waals surface area contributed by atoms with Crippen molar-refractivity contribution in [3.63, 3.8) is 0 Å². The number of imide groups is 1. The largest absolute Gasteiger partial charge is 0.393 e. The predicted octanol–water partition coefficient (Wildman–Crippen LogP) is 1.90. The molecule has 0 spiro atoms. The Bertz CT molecular complexity index is 534. The molecule has 9 heteroatoms. The van der Waals surface area contributed by atoms with Crippen molar-refractivity contribution < 1.29 is 27.6 Å². The van der Waals surface area contributed by atoms with E-state index in [1.165, 1.54) is 4.90 Å². The summed E-state index contributed by atoms with van der Waals surface area (Å²) in [5.41, 5.74) is -0.964. The number of rotatable bonds is 4. The van der Waals surface area contributed by atoms with Gasteiger partial charge in [0, 0.05) is 26.1 Å². The summed E-state index contributed by atoms with van der Waals surface area (Å²) in [4.78, 5) is 38.1. The van der Waals surface area contributed by atoms with Gasteiger partial charge in [0.25, 0.3) is 5.91 Å². The van der Waals surface area contributed by atoms with Crippen LogP contribution < -0.4 is 5.32 Å². The fraction of sp³-hybridized carbons (Fsp3) is 0.800. The molecule has 0 aromatic rings. The lowest BCUT2D eigenvalue weighted by molar-refractivity contribution is -0.188. The highest BCUT2D eigenvalue weighted by atomic mass is 19.4. The van der Waals surface area contributed by atoms with Crippen LogP contribution in [0.15, 0.2) is 0 Å². The van der Waals surface area contributed by atoms with Crippen LogP contribution in [-0.2, 0) is 9.59 Å². The molecule has 2 rings (SSSR count). The number of carbonyl (C=O) groups excluding carboxylic acids is 3. The minimum atomic E-state index is -4.29. The van der Waals surface area contributed by atoms with E-state index in [0.717, 1.165) is 4.90 Å². The van der Waals surface area contributed by atoms with Gasteiger partial charge in [-0.2, -0.15) is 13.2 Å². The molecule has 2 aliphatic heterocycles. The molecule has 6 nitrogen and oxygen atoms in total. The molecule has 24 heavy (non-hydrogen) atoms. The van der Waals surface area contributed by atoms with Crippen molar-refractivity contribution in [2.75, 3.05) is 19.6 Å². The van der Waals surface area contributed by atoms with Gasteiger partial charge in [-0.25, -0.2) is 4.79 Å². The molecule has 0 saturated carbocycles. The van der Waals surface area contributed by atoms with E-state index in [1.807, 2.05) is 0 Å². The molecule has 0 unspecified atom stereocenters. The summed E-state index contributed by atoms with van der Waals surface area (Å²) in [6, 6.07) is -0.507. The number of likely N-dealkylation sites (tertiary alicyclic amines) is 1. The standard InChI is InChI=1S/C15H22F3N3O3/c1-14(2)12(23)21(13(24)19-14)8-4-6-11(22)20-7-3-5-10(9-20)15(16,17)18/h10H,3-9H2,1-2H3,(H,19,24)/t10-/m1/s1. The Morgan fingerprint density at radius 3 is 2.54 bits per heavy atom. The van der Waals surface area contributed by atoms with Crippen LogP contribution in [0.2, 0.25) is 0 Å². The Kier molecular flexibility index (Phi) is 5.10. The first-order valence-electron chi connectivity index (χ1n) is 8.01. The first-order valence-corrected chi connectivity index (χ1v) is 8.01. The third-order valence-corrected chi connectivity index (χ3v) is 4.45. The average Bonchev–Trinajstić information content (AvgIpc) is 2.68. The first-order chi connectivity index (χ1) is 11.0. The number of carbonyl (C=O) groups is 3. The molecular formula is C15H22F3N3O3. The Morgan fingerprint density at radius 1 is 1.33 bits per heavy atom. The zero-order valence-corrected chi connectivity index (χ0v) is 13.8. The van der Waals surface area contributed by atoms with Crippen LogP contribution in [-0.4, -0.2) is 59.0 Å². The van der Waals surface area contributed by atoms with Crippen molar-refractivity contribution in [3.05, 3.63) is 0 Å². The van der Waals surface area contributed by atoms with Gasteiger partial charge in [-0.05, 0) is 33.1 Å². The Balaban J connectivity index is 1.81. The minimum Gasteiger partial charge on any atom is -0.342 e. The molecule has 2 heterocycles. The van der Waals surface area contributed by atoms with Crippen molar-refractivity contribution in [2.45, 2.75) is 51.2 Å². The Labute approximate surface area is 138 Å². The SMILES string of the molecule is CC1(C)NC(=O)N(CCCC(=O)N2CCC[C@@H](C(F)(F)F)C2)C1=O. The molecule has 0 radical (unpaired) electrons. The number of hydrogen-bond acceptors (Lipinski definition) is 3. The molecule has 2 aliphatic rings. The number of piperidine rings is 1. The van der Waals surface area contributed by atoms with E-state index in [0.29, 0.717) is 13.0 Å². The van der Waals surface area contributed by atoms with Crippen molar-refractivity contribution in [3.8, 4) is 0 Å². The van der Waals surface area contributed by atoms with Crippen LogP contribution in [0.1, 0.15) is 39.5 Å². The van der Waals surface area contributed by atoms with Gasteiger partial charge in [0.2, 0.25) is 5.91 Å². The molecule has 0 aliphatic carbocycles. The molecule has 4 amide bonds. The molecule has 0 aromatic heterocycles. The number of nitrogens with one attached hydrogen (secondary N) is 1. The smallest absolute Gasteiger partial charge is 0.342 e. The van der Waals surface area contributed by atoms with Gasteiger partial charge < -0.3 is 10.2 Å². The van der Waals surface area contributed by atoms with Crippen LogP contribution in [0.25, 0.3) is 0 Å².